The zero-order valence-corrected chi connectivity index (χ0v) is 18.9. The number of benzene rings is 1. The van der Waals surface area contributed by atoms with Gasteiger partial charge in [0.05, 0.1) is 17.6 Å². The van der Waals surface area contributed by atoms with Crippen molar-refractivity contribution in [3.8, 4) is 0 Å². The van der Waals surface area contributed by atoms with Gasteiger partial charge in [-0.15, -0.1) is 0 Å². The van der Waals surface area contributed by atoms with Gasteiger partial charge in [0.15, 0.2) is 0 Å². The van der Waals surface area contributed by atoms with Crippen LogP contribution in [-0.2, 0) is 18.4 Å². The number of hydrogen-bond donors (Lipinski definition) is 0. The molecule has 2 aromatic rings. The van der Waals surface area contributed by atoms with Gasteiger partial charge in [-0.2, -0.15) is 0 Å². The molecule has 0 bridgehead atoms. The van der Waals surface area contributed by atoms with E-state index >= 15 is 0 Å². The fourth-order valence-corrected chi connectivity index (χ4v) is 5.16. The normalized spacial score (nSPS) is 21.9. The monoisotopic (exact) mass is 411 g/mol. The van der Waals surface area contributed by atoms with Crippen molar-refractivity contribution in [3.05, 3.63) is 30.1 Å². The van der Waals surface area contributed by atoms with E-state index < -0.39 is 0 Å². The Bertz CT molecular complexity index is 854. The van der Waals surface area contributed by atoms with Crippen LogP contribution in [0.4, 0.5) is 0 Å². The lowest BCUT2D eigenvalue weighted by Gasteiger charge is -2.36. The Morgan fingerprint density at radius 1 is 1.13 bits per heavy atom. The van der Waals surface area contributed by atoms with Crippen LogP contribution in [0.1, 0.15) is 44.3 Å². The van der Waals surface area contributed by atoms with E-state index in [-0.39, 0.29) is 0 Å². The second kappa shape index (κ2) is 9.48. The molecule has 0 aliphatic carbocycles. The largest absolute Gasteiger partial charge is 0.343 e. The average molecular weight is 412 g/mol. The van der Waals surface area contributed by atoms with Gasteiger partial charge in [-0.25, -0.2) is 4.98 Å². The van der Waals surface area contributed by atoms with Crippen LogP contribution in [0.25, 0.3) is 11.0 Å². The molecule has 3 heterocycles. The fourth-order valence-electron chi connectivity index (χ4n) is 5.16. The highest BCUT2D eigenvalue weighted by Crippen LogP contribution is 2.24. The Hall–Kier alpha value is -1.92. The molecule has 0 radical (unpaired) electrons. The Morgan fingerprint density at radius 3 is 2.67 bits per heavy atom. The number of fused-ring (bicyclic) bond motifs is 1. The van der Waals surface area contributed by atoms with Crippen molar-refractivity contribution in [1.29, 1.82) is 0 Å². The third-order valence-electron chi connectivity index (χ3n) is 7.24. The molecule has 30 heavy (non-hydrogen) atoms. The van der Waals surface area contributed by atoms with Gasteiger partial charge in [0.1, 0.15) is 5.82 Å². The SMILES string of the molecule is CN1CCC(N(C)C(=O)CC[C@@H]2CCCN(Cc3nc4ccccc4n3C)C2)CC1. The minimum Gasteiger partial charge on any atom is -0.343 e. The molecule has 6 heteroatoms. The average Bonchev–Trinajstić information content (AvgIpc) is 3.08. The third kappa shape index (κ3) is 4.86. The van der Waals surface area contributed by atoms with Gasteiger partial charge in [-0.1, -0.05) is 12.1 Å². The van der Waals surface area contributed by atoms with Crippen LogP contribution in [-0.4, -0.2) is 76.5 Å². The maximum Gasteiger partial charge on any atom is 0.222 e. The van der Waals surface area contributed by atoms with Gasteiger partial charge in [-0.3, -0.25) is 9.69 Å². The maximum absolute atomic E-state index is 12.8. The molecule has 2 aliphatic heterocycles. The van der Waals surface area contributed by atoms with Crippen LogP contribution < -0.4 is 0 Å². The molecule has 0 saturated carbocycles. The maximum atomic E-state index is 12.8. The minimum absolute atomic E-state index is 0.331. The topological polar surface area (TPSA) is 44.6 Å². The van der Waals surface area contributed by atoms with Gasteiger partial charge in [0.25, 0.3) is 0 Å². The summed E-state index contributed by atoms with van der Waals surface area (Å²) in [6.45, 7) is 5.30. The van der Waals surface area contributed by atoms with Gasteiger partial charge in [-0.05, 0) is 76.8 Å². The number of likely N-dealkylation sites (tertiary alicyclic amines) is 2. The van der Waals surface area contributed by atoms with E-state index in [1.165, 1.54) is 18.4 Å². The third-order valence-corrected chi connectivity index (χ3v) is 7.24. The molecule has 1 atom stereocenters. The fraction of sp³-hybridized carbons (Fsp3) is 0.667. The van der Waals surface area contributed by atoms with E-state index in [0.29, 0.717) is 24.3 Å². The zero-order valence-electron chi connectivity index (χ0n) is 18.9. The number of carbonyl (C=O) groups is 1. The number of aryl methyl sites for hydroxylation is 1. The molecule has 6 nitrogen and oxygen atoms in total. The smallest absolute Gasteiger partial charge is 0.222 e. The lowest BCUT2D eigenvalue weighted by atomic mass is 9.93. The van der Waals surface area contributed by atoms with Crippen molar-refractivity contribution in [1.82, 2.24) is 24.3 Å². The summed E-state index contributed by atoms with van der Waals surface area (Å²) in [4.78, 5) is 24.5. The van der Waals surface area contributed by atoms with Gasteiger partial charge in [0, 0.05) is 33.1 Å². The predicted molar refractivity (Wildman–Crippen MR) is 121 cm³/mol. The van der Waals surface area contributed by atoms with E-state index in [1.807, 2.05) is 11.9 Å². The molecule has 0 unspecified atom stereocenters. The molecule has 0 N–H and O–H groups in total. The Morgan fingerprint density at radius 2 is 1.90 bits per heavy atom. The van der Waals surface area contributed by atoms with E-state index in [9.17, 15) is 4.79 Å². The molecule has 0 spiro atoms. The summed E-state index contributed by atoms with van der Waals surface area (Å²) in [7, 11) is 6.29. The van der Waals surface area contributed by atoms with E-state index in [2.05, 4.69) is 52.7 Å². The molecule has 164 valence electrons. The number of piperidine rings is 2. The number of para-hydroxylation sites is 2. The summed E-state index contributed by atoms with van der Waals surface area (Å²) in [6.07, 6.45) is 6.36. The molecule has 1 aromatic heterocycles. The summed E-state index contributed by atoms with van der Waals surface area (Å²) >= 11 is 0. The van der Waals surface area contributed by atoms with Crippen LogP contribution in [0.15, 0.2) is 24.3 Å². The van der Waals surface area contributed by atoms with Crippen molar-refractivity contribution >= 4 is 16.9 Å². The second-order valence-corrected chi connectivity index (χ2v) is 9.40. The highest BCUT2D eigenvalue weighted by atomic mass is 16.2. The molecular weight excluding hydrogens is 374 g/mol. The van der Waals surface area contributed by atoms with Crippen LogP contribution in [0.5, 0.6) is 0 Å². The Kier molecular flexibility index (Phi) is 6.74. The molecule has 2 saturated heterocycles. The van der Waals surface area contributed by atoms with Crippen LogP contribution in [0.3, 0.4) is 0 Å². The number of nitrogens with zero attached hydrogens (tertiary/aromatic N) is 5. The molecular formula is C24H37N5O. The number of hydrogen-bond acceptors (Lipinski definition) is 4. The first-order chi connectivity index (χ1) is 14.5. The lowest BCUT2D eigenvalue weighted by Crippen LogP contribution is -2.44. The first-order valence-corrected chi connectivity index (χ1v) is 11.6. The number of amides is 1. The summed E-state index contributed by atoms with van der Waals surface area (Å²) in [5.74, 6) is 2.08. The van der Waals surface area contributed by atoms with Crippen LogP contribution >= 0.6 is 0 Å². The van der Waals surface area contributed by atoms with Gasteiger partial charge < -0.3 is 14.4 Å². The molecule has 2 fully saturated rings. The number of rotatable bonds is 6. The number of carbonyl (C=O) groups excluding carboxylic acids is 1. The number of imidazole rings is 1. The van der Waals surface area contributed by atoms with Crippen molar-refractivity contribution in [2.75, 3.05) is 40.3 Å². The molecule has 4 rings (SSSR count). The molecule has 2 aliphatic rings. The summed E-state index contributed by atoms with van der Waals surface area (Å²) < 4.78 is 2.22. The van der Waals surface area contributed by atoms with Gasteiger partial charge in [0.2, 0.25) is 5.91 Å². The second-order valence-electron chi connectivity index (χ2n) is 9.40. The van der Waals surface area contributed by atoms with E-state index in [0.717, 1.165) is 63.3 Å². The summed E-state index contributed by atoms with van der Waals surface area (Å²) in [6, 6.07) is 8.77. The summed E-state index contributed by atoms with van der Waals surface area (Å²) in [5, 5.41) is 0. The lowest BCUT2D eigenvalue weighted by molar-refractivity contribution is -0.133. The van der Waals surface area contributed by atoms with Crippen molar-refractivity contribution in [2.24, 2.45) is 13.0 Å². The Balaban J connectivity index is 1.27. The number of aromatic nitrogens is 2. The van der Waals surface area contributed by atoms with Crippen LogP contribution in [0.2, 0.25) is 0 Å². The first-order valence-electron chi connectivity index (χ1n) is 11.6. The van der Waals surface area contributed by atoms with Gasteiger partial charge >= 0.3 is 0 Å². The van der Waals surface area contributed by atoms with Crippen LogP contribution in [0, 0.1) is 5.92 Å². The Labute approximate surface area is 180 Å². The van der Waals surface area contributed by atoms with Crippen molar-refractivity contribution < 1.29 is 4.79 Å². The van der Waals surface area contributed by atoms with E-state index in [4.69, 9.17) is 4.98 Å². The molecule has 1 amide bonds. The summed E-state index contributed by atoms with van der Waals surface area (Å²) in [5.41, 5.74) is 2.27. The minimum atomic E-state index is 0.331. The van der Waals surface area contributed by atoms with E-state index in [1.54, 1.807) is 0 Å². The zero-order chi connectivity index (χ0) is 21.1. The van der Waals surface area contributed by atoms with Crippen molar-refractivity contribution in [3.63, 3.8) is 0 Å². The highest BCUT2D eigenvalue weighted by molar-refractivity contribution is 5.76. The standard InChI is InChI=1S/C24H37N5O/c1-26-15-12-20(13-16-26)27(2)24(30)11-10-19-7-6-14-29(17-19)18-23-25-21-8-4-5-9-22(21)28(23)3/h4-5,8-9,19-20H,6-7,10-18H2,1-3H3/t19-/m0/s1. The van der Waals surface area contributed by atoms with Crippen molar-refractivity contribution in [2.45, 2.75) is 51.1 Å². The highest BCUT2D eigenvalue weighted by Gasteiger charge is 2.26. The predicted octanol–water partition coefficient (Wildman–Crippen LogP) is 3.12. The quantitative estimate of drug-likeness (QED) is 0.733. The molecule has 1 aromatic carbocycles. The first kappa shape index (κ1) is 21.3.